The Bertz CT molecular complexity index is 3060. The van der Waals surface area contributed by atoms with Crippen LogP contribution in [-0.4, -0.2) is 282 Å². The molecule has 9 aliphatic rings. The molecule has 11 rings (SSSR count). The molecule has 0 saturated carbocycles. The molecule has 0 radical (unpaired) electrons. The summed E-state index contributed by atoms with van der Waals surface area (Å²) in [5, 5.41) is 0. The number of morpholine rings is 1. The maximum atomic E-state index is 5.90. The molecule has 0 amide bonds. The number of hydrogen-bond donors (Lipinski definition) is 0. The number of likely N-dealkylation sites (tertiary alicyclic amines) is 8. The number of piperidine rings is 8. The van der Waals surface area contributed by atoms with Crippen LogP contribution in [0.25, 0.3) is 0 Å². The van der Waals surface area contributed by atoms with Gasteiger partial charge in [-0.3, -0.25) is 44.1 Å². The van der Waals surface area contributed by atoms with Gasteiger partial charge in [0, 0.05) is 181 Å². The van der Waals surface area contributed by atoms with E-state index in [2.05, 4.69) is 354 Å². The van der Waals surface area contributed by atoms with Crippen LogP contribution in [0.2, 0.25) is 0 Å². The van der Waals surface area contributed by atoms with E-state index in [0.29, 0.717) is 50.9 Å². The molecule has 6 unspecified atom stereocenters. The monoisotopic (exact) mass is 1800 g/mol. The fraction of sp³-hybridized carbons (Fsp3) is 0.894. The second kappa shape index (κ2) is 53.7. The van der Waals surface area contributed by atoms with Crippen molar-refractivity contribution >= 4 is 0 Å². The van der Waals surface area contributed by atoms with Crippen LogP contribution in [0.3, 0.4) is 0 Å². The summed E-state index contributed by atoms with van der Waals surface area (Å²) in [5.74, 6) is 1.76. The first-order valence-electron chi connectivity index (χ1n) is 52.3. The van der Waals surface area contributed by atoms with Gasteiger partial charge < -0.3 is 28.4 Å². The van der Waals surface area contributed by atoms with Crippen LogP contribution in [0.1, 0.15) is 402 Å². The number of ether oxygens (including phenoxy) is 6. The lowest BCUT2D eigenvalue weighted by Crippen LogP contribution is -2.53. The van der Waals surface area contributed by atoms with Gasteiger partial charge in [0.2, 0.25) is 0 Å². The molecule has 0 N–H and O–H groups in total. The second-order valence-electron chi connectivity index (χ2n) is 50.1. The Morgan fingerprint density at radius 2 is 0.672 bits per heavy atom. The second-order valence-corrected chi connectivity index (χ2v) is 50.1. The first-order chi connectivity index (χ1) is 59.1. The molecule has 0 bridgehead atoms. The zero-order valence-corrected chi connectivity index (χ0v) is 93.0. The van der Waals surface area contributed by atoms with E-state index in [1.54, 1.807) is 0 Å². The highest BCUT2D eigenvalue weighted by Gasteiger charge is 2.44. The number of hydrogen-bond acceptors (Lipinski definition) is 15. The van der Waals surface area contributed by atoms with Crippen LogP contribution in [0.4, 0.5) is 0 Å². The van der Waals surface area contributed by atoms with Crippen molar-refractivity contribution in [3.05, 3.63) is 71.8 Å². The van der Waals surface area contributed by atoms with Crippen molar-refractivity contribution in [3.8, 4) is 0 Å². The van der Waals surface area contributed by atoms with Crippen LogP contribution in [0, 0.1) is 17.3 Å². The van der Waals surface area contributed by atoms with E-state index < -0.39 is 0 Å². The normalized spacial score (nSPS) is 25.4. The zero-order chi connectivity index (χ0) is 97.4. The van der Waals surface area contributed by atoms with Crippen LogP contribution >= 0.6 is 0 Å². The highest BCUT2D eigenvalue weighted by Crippen LogP contribution is 2.42. The molecule has 9 saturated heterocycles. The highest BCUT2D eigenvalue weighted by molar-refractivity contribution is 5.24. The standard InChI is InChI=1S/C18H29NO.C16H25NO.C13H27NO.2C12H25NO.2C11H23N.C10H21NO.C10H21N/c1-17(2,3)19-12-10-18(11-13-19,15-20-4)14-16-8-6-5-7-9-16;1-15(2,3)17-12-10-16(18-4,11-13-17)14-8-6-5-7-9-14;1-6-7-13(15-5)8-10-14(11-9-13)12(2,3)4;2*1-6-12(14-5)7-9-13(10-8-12)11(2,3)4;1-9-6-10(2)8-12(7-9)11(3,4)5;1-5-10-8-6-7-9-12(10)11(2,3)4;1-8-6-11(10(3,4)5)7-9(2)12-8;1-9-7-5-6-8-11(9)10(2,3)4/h5-9H,10-15H2,1-4H3;5-9H,10-13H2,1-4H3;6-11H2,1-5H3;2*6-10H2,1-5H3;9-10H,6-8H2,1-5H3;10H,5-9H2,1-4H3;8-9H,6-7H2,1-5H3;9H,5-8H2,1-4H3. The fourth-order valence-corrected chi connectivity index (χ4v) is 21.8. The Labute approximate surface area is 797 Å². The number of nitrogens with zero attached hydrogens (tertiary/aromatic N) is 9. The molecule has 752 valence electrons. The van der Waals surface area contributed by atoms with Gasteiger partial charge in [0.1, 0.15) is 0 Å². The van der Waals surface area contributed by atoms with Gasteiger partial charge in [-0.05, 0) is 385 Å². The van der Waals surface area contributed by atoms with Crippen molar-refractivity contribution in [1.82, 2.24) is 44.1 Å². The fourth-order valence-electron chi connectivity index (χ4n) is 21.8. The lowest BCUT2D eigenvalue weighted by Gasteiger charge is -2.46. The molecule has 9 aliphatic heterocycles. The third-order valence-corrected chi connectivity index (χ3v) is 30.8. The smallest absolute Gasteiger partial charge is 0.0951 e. The molecular formula is C113H219N9O6. The molecule has 0 spiro atoms. The van der Waals surface area contributed by atoms with Gasteiger partial charge in [-0.15, -0.1) is 0 Å². The van der Waals surface area contributed by atoms with Crippen molar-refractivity contribution in [2.24, 2.45) is 17.3 Å². The molecule has 9 heterocycles. The minimum Gasteiger partial charge on any atom is -0.384 e. The van der Waals surface area contributed by atoms with E-state index in [0.717, 1.165) is 88.8 Å². The summed E-state index contributed by atoms with van der Waals surface area (Å²) in [4.78, 5) is 23.2. The third-order valence-electron chi connectivity index (χ3n) is 30.8. The van der Waals surface area contributed by atoms with E-state index >= 15 is 0 Å². The van der Waals surface area contributed by atoms with E-state index in [4.69, 9.17) is 28.4 Å². The van der Waals surface area contributed by atoms with Gasteiger partial charge in [0.15, 0.2) is 0 Å². The average Bonchev–Trinajstić information content (AvgIpc) is 0.796. The third kappa shape index (κ3) is 41.3. The highest BCUT2D eigenvalue weighted by atomic mass is 16.5. The van der Waals surface area contributed by atoms with Gasteiger partial charge in [-0.1, -0.05) is 121 Å². The summed E-state index contributed by atoms with van der Waals surface area (Å²) in [6, 6.07) is 23.2. The Balaban J connectivity index is 0.000000374. The summed E-state index contributed by atoms with van der Waals surface area (Å²) in [5.41, 5.74) is 6.39. The van der Waals surface area contributed by atoms with E-state index in [1.807, 2.05) is 35.5 Å². The van der Waals surface area contributed by atoms with E-state index in [-0.39, 0.29) is 39.0 Å². The quantitative estimate of drug-likeness (QED) is 0.180. The zero-order valence-electron chi connectivity index (χ0n) is 93.0. The van der Waals surface area contributed by atoms with Crippen LogP contribution in [0.5, 0.6) is 0 Å². The Kier molecular flexibility index (Phi) is 50.3. The average molecular weight is 1800 g/mol. The summed E-state index contributed by atoms with van der Waals surface area (Å²) in [7, 11) is 9.28. The summed E-state index contributed by atoms with van der Waals surface area (Å²) < 4.78 is 34.2. The molecule has 15 heteroatoms. The van der Waals surface area contributed by atoms with Crippen molar-refractivity contribution < 1.29 is 28.4 Å². The van der Waals surface area contributed by atoms with Crippen LogP contribution in [0.15, 0.2) is 60.7 Å². The van der Waals surface area contributed by atoms with Crippen molar-refractivity contribution in [2.45, 2.75) is 493 Å². The van der Waals surface area contributed by atoms with Gasteiger partial charge in [-0.2, -0.15) is 0 Å². The lowest BCUT2D eigenvalue weighted by molar-refractivity contribution is -0.0924. The lowest BCUT2D eigenvalue weighted by atomic mass is 9.73. The van der Waals surface area contributed by atoms with Gasteiger partial charge in [-0.25, -0.2) is 0 Å². The maximum Gasteiger partial charge on any atom is 0.0951 e. The number of benzene rings is 2. The Hall–Kier alpha value is -2.16. The van der Waals surface area contributed by atoms with Crippen LogP contribution < -0.4 is 0 Å². The summed E-state index contributed by atoms with van der Waals surface area (Å²) >= 11 is 0. The molecule has 0 aromatic heterocycles. The van der Waals surface area contributed by atoms with Crippen molar-refractivity contribution in [1.29, 1.82) is 0 Å². The first-order valence-corrected chi connectivity index (χ1v) is 52.3. The molecule has 15 nitrogen and oxygen atoms in total. The molecule has 2 aromatic rings. The van der Waals surface area contributed by atoms with Crippen molar-refractivity contribution in [2.75, 3.05) is 147 Å². The van der Waals surface area contributed by atoms with Gasteiger partial charge in [0.25, 0.3) is 0 Å². The molecule has 9 fully saturated rings. The van der Waals surface area contributed by atoms with Gasteiger partial charge in [0.05, 0.1) is 41.2 Å². The molecular weight excluding hydrogens is 1580 g/mol. The Morgan fingerprint density at radius 1 is 0.344 bits per heavy atom. The van der Waals surface area contributed by atoms with Gasteiger partial charge >= 0.3 is 0 Å². The Morgan fingerprint density at radius 3 is 0.969 bits per heavy atom. The summed E-state index contributed by atoms with van der Waals surface area (Å²) in [6.07, 6.45) is 29.5. The minimum atomic E-state index is -0.0803. The molecule has 128 heavy (non-hydrogen) atoms. The van der Waals surface area contributed by atoms with E-state index in [9.17, 15) is 0 Å². The topological polar surface area (TPSA) is 84.5 Å². The molecule has 0 aliphatic carbocycles. The maximum absolute atomic E-state index is 5.90. The minimum absolute atomic E-state index is 0.0803. The number of rotatable bonds is 14. The number of methoxy groups -OCH3 is 5. The van der Waals surface area contributed by atoms with Crippen LogP contribution in [-0.2, 0) is 40.4 Å². The predicted octanol–water partition coefficient (Wildman–Crippen LogP) is 26.0. The predicted molar refractivity (Wildman–Crippen MR) is 557 cm³/mol. The SMILES string of the molecule is CC1CC(C)CN(C(C)(C)C)C1.CC1CCCCN1C(C)(C)C.CC1CN(C(C)(C)C)CC(C)O1.CCC1(OC)CCN(C(C)(C)C)CC1.CCC1(OC)CCN(C(C)(C)C)CC1.CCC1CCCCN1C(C)(C)C.CCCC1(OC)CCN(C(C)(C)C)CC1.COC1(c2ccccc2)CCN(C(C)(C)C)CC1.COCC1(Cc2ccccc2)CCN(C(C)(C)C)CC1. The summed E-state index contributed by atoms with van der Waals surface area (Å²) in [6.45, 7) is 102. The largest absolute Gasteiger partial charge is 0.384 e. The molecule has 6 atom stereocenters. The van der Waals surface area contributed by atoms with Crippen molar-refractivity contribution in [3.63, 3.8) is 0 Å². The molecule has 2 aromatic carbocycles. The first kappa shape index (κ1) is 120. The van der Waals surface area contributed by atoms with E-state index in [1.165, 1.54) is 205 Å².